The summed E-state index contributed by atoms with van der Waals surface area (Å²) in [6, 6.07) is 6.80. The Kier molecular flexibility index (Phi) is 4.46. The van der Waals surface area contributed by atoms with E-state index >= 15 is 0 Å². The fourth-order valence-electron chi connectivity index (χ4n) is 1.14. The van der Waals surface area contributed by atoms with Gasteiger partial charge in [0, 0.05) is 6.04 Å². The average molecular weight is 243 g/mol. The molecule has 0 spiro atoms. The van der Waals surface area contributed by atoms with Crippen molar-refractivity contribution < 1.29 is 13.0 Å². The second-order valence-electron chi connectivity index (χ2n) is 3.93. The molecule has 90 valence electrons. The van der Waals surface area contributed by atoms with Crippen LogP contribution in [0.25, 0.3) is 0 Å². The van der Waals surface area contributed by atoms with E-state index in [-0.39, 0.29) is 4.90 Å². The van der Waals surface area contributed by atoms with Crippen molar-refractivity contribution in [1.82, 2.24) is 5.32 Å². The molecule has 1 heterocycles. The first-order valence-electron chi connectivity index (χ1n) is 5.17. The maximum atomic E-state index is 10.5. The van der Waals surface area contributed by atoms with Crippen LogP contribution in [0, 0.1) is 6.92 Å². The molecule has 0 amide bonds. The SMILES string of the molecule is C[C@@H]1CCN1.Cc1ccc(S(=O)(=O)O)cc1. The van der Waals surface area contributed by atoms with Gasteiger partial charge in [-0.25, -0.2) is 0 Å². The smallest absolute Gasteiger partial charge is 0.294 e. The zero-order valence-corrected chi connectivity index (χ0v) is 10.3. The van der Waals surface area contributed by atoms with Gasteiger partial charge in [-0.2, -0.15) is 8.42 Å². The van der Waals surface area contributed by atoms with Crippen LogP contribution in [0.5, 0.6) is 0 Å². The third kappa shape index (κ3) is 4.30. The molecule has 2 N–H and O–H groups in total. The van der Waals surface area contributed by atoms with E-state index in [1.807, 2.05) is 6.92 Å². The molecule has 1 aromatic rings. The van der Waals surface area contributed by atoms with Crippen LogP contribution < -0.4 is 5.32 Å². The highest BCUT2D eigenvalue weighted by molar-refractivity contribution is 7.85. The highest BCUT2D eigenvalue weighted by atomic mass is 32.2. The Hall–Kier alpha value is -0.910. The lowest BCUT2D eigenvalue weighted by molar-refractivity contribution is 0.399. The summed E-state index contributed by atoms with van der Waals surface area (Å²) in [6.07, 6.45) is 1.38. The number of rotatable bonds is 1. The number of hydrogen-bond donors (Lipinski definition) is 2. The van der Waals surface area contributed by atoms with Crippen molar-refractivity contribution in [2.24, 2.45) is 0 Å². The van der Waals surface area contributed by atoms with Crippen molar-refractivity contribution in [3.05, 3.63) is 29.8 Å². The summed E-state index contributed by atoms with van der Waals surface area (Å²) in [7, 11) is -4.02. The minimum Gasteiger partial charge on any atom is -0.314 e. The Morgan fingerprint density at radius 2 is 1.75 bits per heavy atom. The molecule has 0 saturated carbocycles. The van der Waals surface area contributed by atoms with Crippen molar-refractivity contribution in [2.45, 2.75) is 31.2 Å². The minimum atomic E-state index is -4.02. The van der Waals surface area contributed by atoms with Crippen LogP contribution in [-0.4, -0.2) is 25.6 Å². The van der Waals surface area contributed by atoms with Gasteiger partial charge in [-0.05, 0) is 38.9 Å². The molecule has 1 aliphatic heterocycles. The van der Waals surface area contributed by atoms with Crippen molar-refractivity contribution in [1.29, 1.82) is 0 Å². The molecule has 16 heavy (non-hydrogen) atoms. The highest BCUT2D eigenvalue weighted by Gasteiger charge is 2.07. The summed E-state index contributed by atoms with van der Waals surface area (Å²) in [4.78, 5) is -0.0666. The Morgan fingerprint density at radius 3 is 2.00 bits per heavy atom. The summed E-state index contributed by atoms with van der Waals surface area (Å²) in [6.45, 7) is 5.28. The molecule has 0 bridgehead atoms. The Bertz CT molecular complexity index is 421. The van der Waals surface area contributed by atoms with Crippen molar-refractivity contribution in [3.63, 3.8) is 0 Å². The van der Waals surface area contributed by atoms with Gasteiger partial charge < -0.3 is 5.32 Å². The molecular weight excluding hydrogens is 226 g/mol. The zero-order chi connectivity index (χ0) is 12.2. The molecule has 1 fully saturated rings. The minimum absolute atomic E-state index is 0.0666. The predicted octanol–water partition coefficient (Wildman–Crippen LogP) is 1.61. The average Bonchev–Trinajstić information content (AvgIpc) is 2.15. The van der Waals surface area contributed by atoms with Gasteiger partial charge in [0.15, 0.2) is 0 Å². The second-order valence-corrected chi connectivity index (χ2v) is 5.35. The standard InChI is InChI=1S/C7H8O3S.C4H9N/c1-6-2-4-7(5-3-6)11(8,9)10;1-4-2-3-5-4/h2-5H,1H3,(H,8,9,10);4-5H,2-3H2,1H3/t;4-/m.1/s1. The van der Waals surface area contributed by atoms with Crippen LogP contribution in [0.15, 0.2) is 29.2 Å². The van der Waals surface area contributed by atoms with Crippen molar-refractivity contribution >= 4 is 10.1 Å². The first-order valence-corrected chi connectivity index (χ1v) is 6.61. The van der Waals surface area contributed by atoms with E-state index in [1.54, 1.807) is 12.1 Å². The van der Waals surface area contributed by atoms with Crippen molar-refractivity contribution in [3.8, 4) is 0 Å². The molecule has 1 aliphatic rings. The number of benzene rings is 1. The van der Waals surface area contributed by atoms with Crippen LogP contribution >= 0.6 is 0 Å². The molecule has 1 saturated heterocycles. The first-order chi connectivity index (χ1) is 7.39. The van der Waals surface area contributed by atoms with Gasteiger partial charge in [0.05, 0.1) is 4.90 Å². The van der Waals surface area contributed by atoms with Gasteiger partial charge in [0.2, 0.25) is 0 Å². The number of nitrogens with one attached hydrogen (secondary N) is 1. The quantitative estimate of drug-likeness (QED) is 0.735. The molecule has 1 aromatic carbocycles. The number of aryl methyl sites for hydroxylation is 1. The van der Waals surface area contributed by atoms with E-state index < -0.39 is 10.1 Å². The molecule has 0 radical (unpaired) electrons. The summed E-state index contributed by atoms with van der Waals surface area (Å²) >= 11 is 0. The molecule has 4 nitrogen and oxygen atoms in total. The maximum Gasteiger partial charge on any atom is 0.294 e. The van der Waals surface area contributed by atoms with Crippen LogP contribution in [0.2, 0.25) is 0 Å². The van der Waals surface area contributed by atoms with E-state index in [9.17, 15) is 8.42 Å². The molecule has 2 rings (SSSR count). The highest BCUT2D eigenvalue weighted by Crippen LogP contribution is 2.08. The lowest BCUT2D eigenvalue weighted by atomic mass is 10.1. The van der Waals surface area contributed by atoms with Crippen LogP contribution in [0.4, 0.5) is 0 Å². The zero-order valence-electron chi connectivity index (χ0n) is 9.47. The normalized spacial score (nSPS) is 19.3. The van der Waals surface area contributed by atoms with Gasteiger partial charge in [0.1, 0.15) is 0 Å². The van der Waals surface area contributed by atoms with E-state index in [0.29, 0.717) is 0 Å². The molecule has 0 aromatic heterocycles. The van der Waals surface area contributed by atoms with Gasteiger partial charge in [0.25, 0.3) is 10.1 Å². The van der Waals surface area contributed by atoms with Crippen LogP contribution in [0.3, 0.4) is 0 Å². The van der Waals surface area contributed by atoms with E-state index in [0.717, 1.165) is 11.6 Å². The van der Waals surface area contributed by atoms with Gasteiger partial charge in [-0.1, -0.05) is 17.7 Å². The Morgan fingerprint density at radius 1 is 1.31 bits per heavy atom. The predicted molar refractivity (Wildman–Crippen MR) is 63.1 cm³/mol. The summed E-state index contributed by atoms with van der Waals surface area (Å²) < 4.78 is 29.6. The van der Waals surface area contributed by atoms with Crippen LogP contribution in [0.1, 0.15) is 18.9 Å². The fourth-order valence-corrected chi connectivity index (χ4v) is 1.62. The first kappa shape index (κ1) is 13.2. The maximum absolute atomic E-state index is 10.5. The Balaban J connectivity index is 0.000000212. The topological polar surface area (TPSA) is 66.4 Å². The Labute approximate surface area is 96.4 Å². The molecule has 5 heteroatoms. The summed E-state index contributed by atoms with van der Waals surface area (Å²) in [5.74, 6) is 0. The number of hydrogen-bond acceptors (Lipinski definition) is 3. The fraction of sp³-hybridized carbons (Fsp3) is 0.455. The van der Waals surface area contributed by atoms with E-state index in [2.05, 4.69) is 12.2 Å². The molecule has 1 atom stereocenters. The lowest BCUT2D eigenvalue weighted by Gasteiger charge is -2.22. The summed E-state index contributed by atoms with van der Waals surface area (Å²) in [5, 5.41) is 3.21. The third-order valence-corrected chi connectivity index (χ3v) is 3.26. The molecule has 0 unspecified atom stereocenters. The monoisotopic (exact) mass is 243 g/mol. The van der Waals surface area contributed by atoms with Gasteiger partial charge in [-0.3, -0.25) is 4.55 Å². The van der Waals surface area contributed by atoms with Gasteiger partial charge in [-0.15, -0.1) is 0 Å². The molecule has 0 aliphatic carbocycles. The third-order valence-electron chi connectivity index (χ3n) is 2.39. The largest absolute Gasteiger partial charge is 0.314 e. The van der Waals surface area contributed by atoms with E-state index in [4.69, 9.17) is 4.55 Å². The lowest BCUT2D eigenvalue weighted by Crippen LogP contribution is -2.39. The van der Waals surface area contributed by atoms with Crippen LogP contribution in [-0.2, 0) is 10.1 Å². The molecular formula is C11H17NO3S. The van der Waals surface area contributed by atoms with Gasteiger partial charge >= 0.3 is 0 Å². The van der Waals surface area contributed by atoms with Crippen molar-refractivity contribution in [2.75, 3.05) is 6.54 Å². The summed E-state index contributed by atoms with van der Waals surface area (Å²) in [5.41, 5.74) is 0.956. The second kappa shape index (κ2) is 5.43. The van der Waals surface area contributed by atoms with E-state index in [1.165, 1.54) is 25.1 Å².